The van der Waals surface area contributed by atoms with Crippen LogP contribution < -0.4 is 0 Å². The van der Waals surface area contributed by atoms with E-state index in [0.29, 0.717) is 6.61 Å². The van der Waals surface area contributed by atoms with Crippen molar-refractivity contribution in [3.8, 4) is 0 Å². The van der Waals surface area contributed by atoms with E-state index in [1.165, 1.54) is 0 Å². The lowest BCUT2D eigenvalue weighted by Gasteiger charge is -1.97. The minimum absolute atomic E-state index is 0.592. The second kappa shape index (κ2) is 4.67. The molecule has 2 heteroatoms. The number of rotatable bonds is 3. The van der Waals surface area contributed by atoms with Crippen molar-refractivity contribution in [2.45, 2.75) is 6.92 Å². The number of ether oxygens (including phenoxy) is 1. The highest BCUT2D eigenvalue weighted by molar-refractivity contribution is 5.85. The predicted octanol–water partition coefficient (Wildman–Crippen LogP) is 2.43. The SMILES string of the molecule is COCC(C)=Nc1ccccc1. The van der Waals surface area contributed by atoms with Crippen molar-refractivity contribution in [2.75, 3.05) is 13.7 Å². The van der Waals surface area contributed by atoms with Gasteiger partial charge in [0.1, 0.15) is 0 Å². The molecule has 1 aromatic rings. The van der Waals surface area contributed by atoms with Crippen molar-refractivity contribution in [1.29, 1.82) is 0 Å². The van der Waals surface area contributed by atoms with Gasteiger partial charge in [-0.15, -0.1) is 0 Å². The van der Waals surface area contributed by atoms with E-state index in [4.69, 9.17) is 4.74 Å². The zero-order valence-corrected chi connectivity index (χ0v) is 7.45. The molecule has 0 bridgehead atoms. The highest BCUT2D eigenvalue weighted by Gasteiger charge is 1.89. The van der Waals surface area contributed by atoms with E-state index in [1.54, 1.807) is 7.11 Å². The molecule has 0 unspecified atom stereocenters. The Bertz CT molecular complexity index is 254. The highest BCUT2D eigenvalue weighted by Crippen LogP contribution is 2.09. The maximum Gasteiger partial charge on any atom is 0.0842 e. The fourth-order valence-corrected chi connectivity index (χ4v) is 0.964. The van der Waals surface area contributed by atoms with Crippen molar-refractivity contribution in [1.82, 2.24) is 0 Å². The number of nitrogens with zero attached hydrogens (tertiary/aromatic N) is 1. The minimum Gasteiger partial charge on any atom is -0.379 e. The lowest BCUT2D eigenvalue weighted by atomic mass is 10.3. The number of para-hydroxylation sites is 1. The number of methoxy groups -OCH3 is 1. The number of aliphatic imine (C=N–C) groups is 1. The molecule has 0 N–H and O–H groups in total. The Kier molecular flexibility index (Phi) is 3.48. The van der Waals surface area contributed by atoms with E-state index < -0.39 is 0 Å². The normalized spacial score (nSPS) is 11.7. The molecular weight excluding hydrogens is 150 g/mol. The Labute approximate surface area is 72.9 Å². The molecule has 1 aromatic carbocycles. The topological polar surface area (TPSA) is 21.6 Å². The van der Waals surface area contributed by atoms with Crippen molar-refractivity contribution in [3.63, 3.8) is 0 Å². The first-order valence-electron chi connectivity index (χ1n) is 3.91. The summed E-state index contributed by atoms with van der Waals surface area (Å²) in [5.41, 5.74) is 1.97. The van der Waals surface area contributed by atoms with Gasteiger partial charge in [0.2, 0.25) is 0 Å². The molecule has 2 nitrogen and oxygen atoms in total. The average Bonchev–Trinajstić information content (AvgIpc) is 2.06. The molecule has 0 aliphatic rings. The quantitative estimate of drug-likeness (QED) is 0.627. The molecular formula is C10H13NO. The third kappa shape index (κ3) is 2.84. The Morgan fingerprint density at radius 2 is 2.00 bits per heavy atom. The van der Waals surface area contributed by atoms with Gasteiger partial charge < -0.3 is 4.74 Å². The molecule has 1 rings (SSSR count). The molecule has 12 heavy (non-hydrogen) atoms. The minimum atomic E-state index is 0.592. The smallest absolute Gasteiger partial charge is 0.0842 e. The van der Waals surface area contributed by atoms with Gasteiger partial charge in [0.25, 0.3) is 0 Å². The van der Waals surface area contributed by atoms with Crippen LogP contribution in [-0.4, -0.2) is 19.4 Å². The fraction of sp³-hybridized carbons (Fsp3) is 0.300. The summed E-state index contributed by atoms with van der Waals surface area (Å²) in [5, 5.41) is 0. The molecule has 0 heterocycles. The molecule has 0 saturated carbocycles. The first-order valence-corrected chi connectivity index (χ1v) is 3.91. The van der Waals surface area contributed by atoms with Crippen molar-refractivity contribution in [3.05, 3.63) is 30.3 Å². The molecule has 0 saturated heterocycles. The van der Waals surface area contributed by atoms with Crippen LogP contribution in [-0.2, 0) is 4.74 Å². The summed E-state index contributed by atoms with van der Waals surface area (Å²) in [6.07, 6.45) is 0. The molecule has 0 radical (unpaired) electrons. The lowest BCUT2D eigenvalue weighted by molar-refractivity contribution is 0.245. The van der Waals surface area contributed by atoms with E-state index in [-0.39, 0.29) is 0 Å². The second-order valence-electron chi connectivity index (χ2n) is 2.62. The third-order valence-corrected chi connectivity index (χ3v) is 1.43. The maximum absolute atomic E-state index is 4.95. The first-order chi connectivity index (χ1) is 5.83. The number of hydrogen-bond acceptors (Lipinski definition) is 2. The van der Waals surface area contributed by atoms with Crippen LogP contribution in [0.25, 0.3) is 0 Å². The Hall–Kier alpha value is -1.15. The average molecular weight is 163 g/mol. The molecule has 64 valence electrons. The van der Waals surface area contributed by atoms with Gasteiger partial charge in [-0.05, 0) is 19.1 Å². The van der Waals surface area contributed by atoms with Gasteiger partial charge in [-0.2, -0.15) is 0 Å². The lowest BCUT2D eigenvalue weighted by Crippen LogP contribution is -2.00. The van der Waals surface area contributed by atoms with Gasteiger partial charge in [-0.3, -0.25) is 4.99 Å². The zero-order chi connectivity index (χ0) is 8.81. The van der Waals surface area contributed by atoms with Crippen LogP contribution in [0.4, 0.5) is 5.69 Å². The van der Waals surface area contributed by atoms with E-state index in [2.05, 4.69) is 4.99 Å². The molecule has 0 fully saturated rings. The Balaban J connectivity index is 2.67. The molecule has 0 spiro atoms. The summed E-state index contributed by atoms with van der Waals surface area (Å²) in [7, 11) is 1.67. The van der Waals surface area contributed by atoms with E-state index in [1.807, 2.05) is 37.3 Å². The van der Waals surface area contributed by atoms with Crippen LogP contribution in [0.3, 0.4) is 0 Å². The summed E-state index contributed by atoms with van der Waals surface area (Å²) in [4.78, 5) is 4.34. The van der Waals surface area contributed by atoms with Crippen molar-refractivity contribution < 1.29 is 4.74 Å². The second-order valence-corrected chi connectivity index (χ2v) is 2.62. The summed E-state index contributed by atoms with van der Waals surface area (Å²) < 4.78 is 4.95. The first kappa shape index (κ1) is 8.94. The predicted molar refractivity (Wildman–Crippen MR) is 51.1 cm³/mol. The van der Waals surface area contributed by atoms with Gasteiger partial charge in [0.15, 0.2) is 0 Å². The zero-order valence-electron chi connectivity index (χ0n) is 7.45. The Morgan fingerprint density at radius 1 is 1.33 bits per heavy atom. The largest absolute Gasteiger partial charge is 0.379 e. The van der Waals surface area contributed by atoms with E-state index >= 15 is 0 Å². The Morgan fingerprint density at radius 3 is 2.58 bits per heavy atom. The fourth-order valence-electron chi connectivity index (χ4n) is 0.964. The van der Waals surface area contributed by atoms with Gasteiger partial charge in [-0.1, -0.05) is 18.2 Å². The van der Waals surface area contributed by atoms with Crippen LogP contribution in [0.1, 0.15) is 6.92 Å². The van der Waals surface area contributed by atoms with Crippen LogP contribution in [0.2, 0.25) is 0 Å². The monoisotopic (exact) mass is 163 g/mol. The molecule has 0 aliphatic heterocycles. The number of hydrogen-bond donors (Lipinski definition) is 0. The van der Waals surface area contributed by atoms with Crippen molar-refractivity contribution in [2.24, 2.45) is 4.99 Å². The summed E-state index contributed by atoms with van der Waals surface area (Å²) in [6.45, 7) is 2.55. The highest BCUT2D eigenvalue weighted by atomic mass is 16.5. The van der Waals surface area contributed by atoms with Crippen LogP contribution in [0.5, 0.6) is 0 Å². The number of benzene rings is 1. The van der Waals surface area contributed by atoms with Crippen LogP contribution in [0.15, 0.2) is 35.3 Å². The van der Waals surface area contributed by atoms with Gasteiger partial charge in [0.05, 0.1) is 12.3 Å². The van der Waals surface area contributed by atoms with Gasteiger partial charge >= 0.3 is 0 Å². The molecule has 0 atom stereocenters. The van der Waals surface area contributed by atoms with Gasteiger partial charge in [-0.25, -0.2) is 0 Å². The summed E-state index contributed by atoms with van der Waals surface area (Å²) >= 11 is 0. The maximum atomic E-state index is 4.95. The molecule has 0 aromatic heterocycles. The van der Waals surface area contributed by atoms with Crippen LogP contribution in [0, 0.1) is 0 Å². The van der Waals surface area contributed by atoms with Crippen LogP contribution >= 0.6 is 0 Å². The molecule has 0 aliphatic carbocycles. The summed E-state index contributed by atoms with van der Waals surface area (Å²) in [6, 6.07) is 9.86. The summed E-state index contributed by atoms with van der Waals surface area (Å²) in [5.74, 6) is 0. The standard InChI is InChI=1S/C10H13NO/c1-9(8-12-2)11-10-6-4-3-5-7-10/h3-7H,8H2,1-2H3. The van der Waals surface area contributed by atoms with Crippen molar-refractivity contribution >= 4 is 11.4 Å². The molecule has 0 amide bonds. The van der Waals surface area contributed by atoms with E-state index in [9.17, 15) is 0 Å². The van der Waals surface area contributed by atoms with Gasteiger partial charge in [0, 0.05) is 12.8 Å². The third-order valence-electron chi connectivity index (χ3n) is 1.43. The van der Waals surface area contributed by atoms with E-state index in [0.717, 1.165) is 11.4 Å².